The molecule has 1 unspecified atom stereocenters. The molecule has 3 aromatic rings. The molecule has 0 aromatic heterocycles. The Morgan fingerprint density at radius 3 is 2.33 bits per heavy atom. The molecule has 1 amide bonds. The fourth-order valence-corrected chi connectivity index (χ4v) is 4.20. The van der Waals surface area contributed by atoms with Crippen LogP contribution in [0.25, 0.3) is 17.2 Å². The average Bonchev–Trinajstić information content (AvgIpc) is 2.77. The number of fused-ring (bicyclic) bond motifs is 1. The number of rotatable bonds is 5. The van der Waals surface area contributed by atoms with Gasteiger partial charge >= 0.3 is 0 Å². The third kappa shape index (κ3) is 4.69. The van der Waals surface area contributed by atoms with Gasteiger partial charge in [-0.15, -0.1) is 0 Å². The van der Waals surface area contributed by atoms with Gasteiger partial charge in [-0.2, -0.15) is 0 Å². The molecule has 0 saturated heterocycles. The lowest BCUT2D eigenvalue weighted by Crippen LogP contribution is -2.42. The van der Waals surface area contributed by atoms with Crippen molar-refractivity contribution in [1.82, 2.24) is 4.90 Å². The van der Waals surface area contributed by atoms with Gasteiger partial charge in [0, 0.05) is 24.9 Å². The van der Waals surface area contributed by atoms with Crippen LogP contribution in [0.5, 0.6) is 0 Å². The Kier molecular flexibility index (Phi) is 6.10. The summed E-state index contributed by atoms with van der Waals surface area (Å²) in [5.74, 6) is 0.482. The molecular formula is C27H28N2O. The van der Waals surface area contributed by atoms with Crippen molar-refractivity contribution in [3.8, 4) is 11.1 Å². The molecule has 0 spiro atoms. The summed E-state index contributed by atoms with van der Waals surface area (Å²) in [5, 5.41) is 0. The fraction of sp³-hybridized carbons (Fsp3) is 0.222. The lowest BCUT2D eigenvalue weighted by Gasteiger charge is -2.35. The van der Waals surface area contributed by atoms with Crippen molar-refractivity contribution in [2.24, 2.45) is 5.92 Å². The number of anilines is 1. The molecular weight excluding hydrogens is 368 g/mol. The molecule has 30 heavy (non-hydrogen) atoms. The van der Waals surface area contributed by atoms with Crippen LogP contribution in [0.4, 0.5) is 5.69 Å². The first-order valence-electron chi connectivity index (χ1n) is 10.5. The first-order chi connectivity index (χ1) is 14.6. The van der Waals surface area contributed by atoms with Crippen molar-refractivity contribution in [3.05, 3.63) is 96.1 Å². The topological polar surface area (TPSA) is 23.6 Å². The van der Waals surface area contributed by atoms with E-state index in [4.69, 9.17) is 0 Å². The summed E-state index contributed by atoms with van der Waals surface area (Å²) < 4.78 is 0. The van der Waals surface area contributed by atoms with Crippen LogP contribution >= 0.6 is 0 Å². The Labute approximate surface area is 179 Å². The van der Waals surface area contributed by atoms with Crippen LogP contribution in [0.1, 0.15) is 11.1 Å². The summed E-state index contributed by atoms with van der Waals surface area (Å²) in [6.07, 6.45) is 4.63. The highest BCUT2D eigenvalue weighted by Crippen LogP contribution is 2.30. The van der Waals surface area contributed by atoms with Crippen LogP contribution in [-0.4, -0.2) is 38.0 Å². The van der Waals surface area contributed by atoms with Gasteiger partial charge in [0.05, 0.1) is 0 Å². The molecule has 0 fully saturated rings. The number of amides is 1. The van der Waals surface area contributed by atoms with Crippen LogP contribution in [-0.2, 0) is 11.2 Å². The molecule has 1 aliphatic heterocycles. The summed E-state index contributed by atoms with van der Waals surface area (Å²) >= 11 is 0. The molecule has 1 atom stereocenters. The van der Waals surface area contributed by atoms with Crippen molar-refractivity contribution in [1.29, 1.82) is 0 Å². The maximum absolute atomic E-state index is 13.1. The normalized spacial score (nSPS) is 16.1. The smallest absolute Gasteiger partial charge is 0.251 e. The van der Waals surface area contributed by atoms with Gasteiger partial charge in [-0.05, 0) is 60.8 Å². The Morgan fingerprint density at radius 1 is 0.933 bits per heavy atom. The fourth-order valence-electron chi connectivity index (χ4n) is 4.20. The molecule has 1 aliphatic rings. The van der Waals surface area contributed by atoms with Crippen molar-refractivity contribution in [2.45, 2.75) is 6.42 Å². The zero-order chi connectivity index (χ0) is 20.9. The van der Waals surface area contributed by atoms with Crippen molar-refractivity contribution in [3.63, 3.8) is 0 Å². The molecule has 0 saturated carbocycles. The van der Waals surface area contributed by atoms with Gasteiger partial charge in [0.25, 0.3) is 5.91 Å². The Balaban J connectivity index is 1.50. The van der Waals surface area contributed by atoms with E-state index in [1.54, 1.807) is 6.08 Å². The number of hydrogen-bond donors (Lipinski definition) is 0. The zero-order valence-corrected chi connectivity index (χ0v) is 17.7. The minimum Gasteiger partial charge on any atom is -0.309 e. The lowest BCUT2D eigenvalue weighted by atomic mass is 9.92. The molecule has 1 heterocycles. The molecule has 0 bridgehead atoms. The standard InChI is InChI=1S/C27H28N2O/c1-28(2)19-22-18-25-10-6-7-11-26(25)29(20-22)27(30)17-14-21-12-15-24(16-13-21)23-8-4-3-5-9-23/h3-17,22H,18-20H2,1-2H3. The van der Waals surface area contributed by atoms with E-state index in [1.807, 2.05) is 35.2 Å². The van der Waals surface area contributed by atoms with E-state index in [9.17, 15) is 4.79 Å². The Morgan fingerprint density at radius 2 is 1.60 bits per heavy atom. The summed E-state index contributed by atoms with van der Waals surface area (Å²) in [6.45, 7) is 1.73. The van der Waals surface area contributed by atoms with Crippen LogP contribution < -0.4 is 4.90 Å². The molecule has 0 N–H and O–H groups in total. The number of benzene rings is 3. The Bertz CT molecular complexity index is 1020. The molecule has 0 radical (unpaired) electrons. The minimum atomic E-state index is 0.0399. The van der Waals surface area contributed by atoms with E-state index >= 15 is 0 Å². The molecule has 3 nitrogen and oxygen atoms in total. The van der Waals surface area contributed by atoms with Gasteiger partial charge in [0.15, 0.2) is 0 Å². The second-order valence-electron chi connectivity index (χ2n) is 8.23. The van der Waals surface area contributed by atoms with E-state index in [0.717, 1.165) is 30.8 Å². The predicted molar refractivity (Wildman–Crippen MR) is 125 cm³/mol. The number of para-hydroxylation sites is 1. The third-order valence-electron chi connectivity index (χ3n) is 5.56. The van der Waals surface area contributed by atoms with Crippen molar-refractivity contribution < 1.29 is 4.79 Å². The van der Waals surface area contributed by atoms with Gasteiger partial charge in [-0.3, -0.25) is 4.79 Å². The number of carbonyl (C=O) groups excluding carboxylic acids is 1. The Hall–Kier alpha value is -3.17. The van der Waals surface area contributed by atoms with Gasteiger partial charge in [0.1, 0.15) is 0 Å². The maximum Gasteiger partial charge on any atom is 0.251 e. The predicted octanol–water partition coefficient (Wildman–Crippen LogP) is 5.13. The first-order valence-corrected chi connectivity index (χ1v) is 10.5. The summed E-state index contributed by atoms with van der Waals surface area (Å²) in [6, 6.07) is 26.9. The van der Waals surface area contributed by atoms with Crippen LogP contribution in [0.3, 0.4) is 0 Å². The highest BCUT2D eigenvalue weighted by Gasteiger charge is 2.27. The quantitative estimate of drug-likeness (QED) is 0.558. The monoisotopic (exact) mass is 396 g/mol. The van der Waals surface area contributed by atoms with E-state index in [0.29, 0.717) is 5.92 Å². The van der Waals surface area contributed by atoms with Crippen molar-refractivity contribution >= 4 is 17.7 Å². The largest absolute Gasteiger partial charge is 0.309 e. The lowest BCUT2D eigenvalue weighted by molar-refractivity contribution is -0.114. The SMILES string of the molecule is CN(C)CC1Cc2ccccc2N(C(=O)C=Cc2ccc(-c3ccccc3)cc2)C1. The van der Waals surface area contributed by atoms with E-state index in [2.05, 4.69) is 73.6 Å². The second kappa shape index (κ2) is 9.10. The summed E-state index contributed by atoms with van der Waals surface area (Å²) in [5.41, 5.74) is 5.70. The van der Waals surface area contributed by atoms with Gasteiger partial charge < -0.3 is 9.80 Å². The zero-order valence-electron chi connectivity index (χ0n) is 17.7. The highest BCUT2D eigenvalue weighted by atomic mass is 16.2. The van der Waals surface area contributed by atoms with Crippen LogP contribution in [0.15, 0.2) is 84.9 Å². The number of nitrogens with zero attached hydrogens (tertiary/aromatic N) is 2. The van der Waals surface area contributed by atoms with E-state index in [1.165, 1.54) is 16.7 Å². The van der Waals surface area contributed by atoms with Gasteiger partial charge in [-0.25, -0.2) is 0 Å². The maximum atomic E-state index is 13.1. The van der Waals surface area contributed by atoms with Gasteiger partial charge in [0.2, 0.25) is 0 Å². The summed E-state index contributed by atoms with van der Waals surface area (Å²) in [4.78, 5) is 17.2. The van der Waals surface area contributed by atoms with E-state index in [-0.39, 0.29) is 5.91 Å². The third-order valence-corrected chi connectivity index (χ3v) is 5.56. The number of hydrogen-bond acceptors (Lipinski definition) is 2. The molecule has 0 aliphatic carbocycles. The average molecular weight is 397 g/mol. The van der Waals surface area contributed by atoms with Crippen LogP contribution in [0, 0.1) is 5.92 Å². The first kappa shape index (κ1) is 20.1. The van der Waals surface area contributed by atoms with Crippen LogP contribution in [0.2, 0.25) is 0 Å². The minimum absolute atomic E-state index is 0.0399. The highest BCUT2D eigenvalue weighted by molar-refractivity contribution is 6.04. The summed E-state index contributed by atoms with van der Waals surface area (Å²) in [7, 11) is 4.18. The van der Waals surface area contributed by atoms with E-state index < -0.39 is 0 Å². The molecule has 3 aromatic carbocycles. The molecule has 4 rings (SSSR count). The number of carbonyl (C=O) groups is 1. The molecule has 3 heteroatoms. The van der Waals surface area contributed by atoms with Gasteiger partial charge in [-0.1, -0.05) is 72.8 Å². The molecule has 152 valence electrons. The second-order valence-corrected chi connectivity index (χ2v) is 8.23. The van der Waals surface area contributed by atoms with Crippen molar-refractivity contribution in [2.75, 3.05) is 32.1 Å².